The highest BCUT2D eigenvalue weighted by Gasteiger charge is 2.31. The van der Waals surface area contributed by atoms with Gasteiger partial charge in [-0.25, -0.2) is 0 Å². The van der Waals surface area contributed by atoms with Crippen LogP contribution < -0.4 is 9.63 Å². The van der Waals surface area contributed by atoms with E-state index < -0.39 is 7.82 Å². The number of unbranched alkanes of at least 4 members (excludes halogenated alkanes) is 3. The van der Waals surface area contributed by atoms with E-state index in [9.17, 15) is 9.46 Å². The Kier molecular flexibility index (Phi) is 12.3. The molecule has 9 nitrogen and oxygen atoms in total. The molecule has 1 aromatic rings. The molecule has 0 saturated carbocycles. The van der Waals surface area contributed by atoms with E-state index in [1.165, 1.54) is 12.8 Å². The van der Waals surface area contributed by atoms with Crippen molar-refractivity contribution in [2.75, 3.05) is 53.3 Å². The normalized spacial score (nSPS) is 20.7. The lowest BCUT2D eigenvalue weighted by Crippen LogP contribution is -2.49. The van der Waals surface area contributed by atoms with E-state index in [1.54, 1.807) is 0 Å². The summed E-state index contributed by atoms with van der Waals surface area (Å²) in [6.45, 7) is 7.38. The van der Waals surface area contributed by atoms with Crippen LogP contribution in [-0.2, 0) is 18.3 Å². The largest absolute Gasteiger partial charge is 0.756 e. The molecule has 0 bridgehead atoms. The van der Waals surface area contributed by atoms with Crippen molar-refractivity contribution in [3.05, 3.63) is 11.8 Å². The monoisotopic (exact) mass is 491 g/mol. The van der Waals surface area contributed by atoms with Gasteiger partial charge in [0.15, 0.2) is 6.73 Å². The Bertz CT molecular complexity index is 747. The maximum Gasteiger partial charge on any atom is 0.272 e. The van der Waals surface area contributed by atoms with Crippen molar-refractivity contribution in [2.24, 2.45) is 0 Å². The predicted octanol–water partition coefficient (Wildman–Crippen LogP) is 4.01. The summed E-state index contributed by atoms with van der Waals surface area (Å²) in [6, 6.07) is 0. The van der Waals surface area contributed by atoms with Crippen LogP contribution in [0.2, 0.25) is 0 Å². The summed E-state index contributed by atoms with van der Waals surface area (Å²) in [4.78, 5) is 12.1. The van der Waals surface area contributed by atoms with Crippen molar-refractivity contribution in [1.82, 2.24) is 8.75 Å². The van der Waals surface area contributed by atoms with Crippen LogP contribution in [0.5, 0.6) is 5.88 Å². The van der Waals surface area contributed by atoms with Crippen molar-refractivity contribution in [1.29, 1.82) is 0 Å². The molecule has 0 fully saturated rings. The summed E-state index contributed by atoms with van der Waals surface area (Å²) in [7, 11) is -2.39. The first-order chi connectivity index (χ1) is 15.4. The standard InChI is InChI=1S/C21H38N3O6PS/c1-4-6-7-8-15-28-21-20(22-32-23-21)19-11-9-12-24(3,17-19)18-30-31(25,26)29-16-10-14-27-13-5-2/h11H,4-10,12-18H2,1-3H3. The van der Waals surface area contributed by atoms with E-state index in [2.05, 4.69) is 21.7 Å². The summed E-state index contributed by atoms with van der Waals surface area (Å²) >= 11 is 1.13. The molecule has 2 unspecified atom stereocenters. The number of phosphoric ester groups is 1. The zero-order valence-corrected chi connectivity index (χ0v) is 21.3. The Hall–Kier alpha value is -0.870. The number of rotatable bonds is 17. The van der Waals surface area contributed by atoms with Gasteiger partial charge in [-0.3, -0.25) is 13.6 Å². The Balaban J connectivity index is 1.82. The number of likely N-dealkylation sites (N-methyl/N-ethyl adjacent to an activating group) is 1. The molecule has 0 saturated heterocycles. The highest BCUT2D eigenvalue weighted by molar-refractivity contribution is 7.45. The average Bonchev–Trinajstić information content (AvgIpc) is 3.24. The zero-order chi connectivity index (χ0) is 23.3. The summed E-state index contributed by atoms with van der Waals surface area (Å²) in [5.74, 6) is 0.565. The van der Waals surface area contributed by atoms with Crippen LogP contribution in [-0.4, -0.2) is 66.5 Å². The first-order valence-electron chi connectivity index (χ1n) is 11.6. The zero-order valence-electron chi connectivity index (χ0n) is 19.6. The lowest BCUT2D eigenvalue weighted by Gasteiger charge is -2.38. The third-order valence-electron chi connectivity index (χ3n) is 5.17. The molecule has 2 atom stereocenters. The Labute approximate surface area is 196 Å². The average molecular weight is 492 g/mol. The first kappa shape index (κ1) is 27.4. The van der Waals surface area contributed by atoms with Crippen LogP contribution in [0.4, 0.5) is 0 Å². The Morgan fingerprint density at radius 1 is 1.06 bits per heavy atom. The number of nitrogens with zero attached hydrogens (tertiary/aromatic N) is 3. The highest BCUT2D eigenvalue weighted by Crippen LogP contribution is 2.40. The summed E-state index contributed by atoms with van der Waals surface area (Å²) < 4.78 is 42.7. The van der Waals surface area contributed by atoms with Crippen LogP contribution >= 0.6 is 19.6 Å². The molecule has 184 valence electrons. The number of hydrogen-bond donors (Lipinski definition) is 0. The molecular formula is C21H38N3O6PS. The smallest absolute Gasteiger partial charge is 0.272 e. The molecule has 2 rings (SSSR count). The van der Waals surface area contributed by atoms with Gasteiger partial charge in [0, 0.05) is 25.2 Å². The van der Waals surface area contributed by atoms with Crippen molar-refractivity contribution in [3.8, 4) is 5.88 Å². The summed E-state index contributed by atoms with van der Waals surface area (Å²) in [6.07, 6.45) is 8.88. The van der Waals surface area contributed by atoms with Crippen LogP contribution in [0.1, 0.15) is 64.5 Å². The van der Waals surface area contributed by atoms with Crippen molar-refractivity contribution in [2.45, 2.75) is 58.8 Å². The van der Waals surface area contributed by atoms with Crippen LogP contribution in [0.3, 0.4) is 0 Å². The van der Waals surface area contributed by atoms with Gasteiger partial charge in [0.25, 0.3) is 13.7 Å². The molecular weight excluding hydrogens is 453 g/mol. The molecule has 0 aliphatic carbocycles. The van der Waals surface area contributed by atoms with Crippen molar-refractivity contribution < 1.29 is 32.5 Å². The van der Waals surface area contributed by atoms with E-state index in [1.807, 2.05) is 14.0 Å². The minimum absolute atomic E-state index is 0.00915. The van der Waals surface area contributed by atoms with Gasteiger partial charge < -0.3 is 18.9 Å². The summed E-state index contributed by atoms with van der Waals surface area (Å²) in [5, 5.41) is 0. The van der Waals surface area contributed by atoms with E-state index in [-0.39, 0.29) is 13.3 Å². The Morgan fingerprint density at radius 3 is 2.69 bits per heavy atom. The molecule has 0 N–H and O–H groups in total. The van der Waals surface area contributed by atoms with Crippen LogP contribution in [0, 0.1) is 0 Å². The maximum atomic E-state index is 12.1. The molecule has 32 heavy (non-hydrogen) atoms. The molecule has 2 heterocycles. The summed E-state index contributed by atoms with van der Waals surface area (Å²) in [5.41, 5.74) is 1.76. The van der Waals surface area contributed by atoms with Gasteiger partial charge >= 0.3 is 0 Å². The fourth-order valence-corrected chi connectivity index (χ4v) is 4.77. The minimum atomic E-state index is -4.36. The third-order valence-corrected chi connectivity index (χ3v) is 6.61. The molecule has 0 amide bonds. The van der Waals surface area contributed by atoms with Gasteiger partial charge in [-0.2, -0.15) is 4.37 Å². The van der Waals surface area contributed by atoms with Gasteiger partial charge in [0.2, 0.25) is 0 Å². The predicted molar refractivity (Wildman–Crippen MR) is 123 cm³/mol. The van der Waals surface area contributed by atoms with Crippen LogP contribution in [0.25, 0.3) is 5.57 Å². The molecule has 11 heteroatoms. The highest BCUT2D eigenvalue weighted by atomic mass is 32.1. The number of hydrogen-bond acceptors (Lipinski definition) is 9. The van der Waals surface area contributed by atoms with E-state index in [4.69, 9.17) is 18.5 Å². The topological polar surface area (TPSA) is 103 Å². The quantitative estimate of drug-likeness (QED) is 0.183. The number of ether oxygens (including phenoxy) is 2. The second kappa shape index (κ2) is 14.4. The molecule has 0 spiro atoms. The van der Waals surface area contributed by atoms with Gasteiger partial charge in [-0.15, -0.1) is 4.37 Å². The fraction of sp³-hybridized carbons (Fsp3) is 0.810. The van der Waals surface area contributed by atoms with Crippen molar-refractivity contribution >= 4 is 25.1 Å². The van der Waals surface area contributed by atoms with E-state index >= 15 is 0 Å². The molecule has 0 aromatic carbocycles. The molecule has 1 aromatic heterocycles. The molecule has 1 aliphatic rings. The van der Waals surface area contributed by atoms with Gasteiger partial charge in [-0.1, -0.05) is 39.2 Å². The van der Waals surface area contributed by atoms with Gasteiger partial charge in [0.1, 0.15) is 12.2 Å². The van der Waals surface area contributed by atoms with E-state index in [0.29, 0.717) is 43.1 Å². The maximum absolute atomic E-state index is 12.1. The molecule has 1 aliphatic heterocycles. The van der Waals surface area contributed by atoms with Crippen molar-refractivity contribution in [3.63, 3.8) is 0 Å². The first-order valence-corrected chi connectivity index (χ1v) is 13.7. The number of aromatic nitrogens is 2. The second-order valence-electron chi connectivity index (χ2n) is 8.35. The van der Waals surface area contributed by atoms with Crippen LogP contribution in [0.15, 0.2) is 6.08 Å². The van der Waals surface area contributed by atoms with Gasteiger partial charge in [0.05, 0.1) is 38.5 Å². The fourth-order valence-electron chi connectivity index (χ4n) is 3.39. The van der Waals surface area contributed by atoms with E-state index in [0.717, 1.165) is 55.2 Å². The van der Waals surface area contributed by atoms with Gasteiger partial charge in [-0.05, 0) is 19.3 Å². The number of phosphoric acid groups is 1. The SMILES string of the molecule is CCCCCCOc1nsnc1C1=CCC[N+](C)(COP(=O)([O-])OCCCOCCC)C1. The number of quaternary nitrogens is 1. The Morgan fingerprint density at radius 2 is 1.91 bits per heavy atom. The second-order valence-corrected chi connectivity index (χ2v) is 10.3. The lowest BCUT2D eigenvalue weighted by atomic mass is 10.1. The lowest BCUT2D eigenvalue weighted by molar-refractivity contribution is -0.919. The minimum Gasteiger partial charge on any atom is -0.756 e. The third kappa shape index (κ3) is 9.95. The molecule has 0 radical (unpaired) electrons.